The van der Waals surface area contributed by atoms with Gasteiger partial charge in [-0.25, -0.2) is 0 Å². The van der Waals surface area contributed by atoms with Crippen molar-refractivity contribution in [1.29, 1.82) is 5.26 Å². The Morgan fingerprint density at radius 2 is 2.12 bits per heavy atom. The van der Waals surface area contributed by atoms with Gasteiger partial charge in [-0.15, -0.1) is 0 Å². The van der Waals surface area contributed by atoms with Crippen LogP contribution in [0.5, 0.6) is 5.75 Å². The number of benzene rings is 1. The van der Waals surface area contributed by atoms with Gasteiger partial charge in [-0.3, -0.25) is 18.2 Å². The van der Waals surface area contributed by atoms with E-state index in [2.05, 4.69) is 6.19 Å². The van der Waals surface area contributed by atoms with Gasteiger partial charge < -0.3 is 14.5 Å². The number of hydrogen-bond donors (Lipinski definition) is 2. The lowest BCUT2D eigenvalue weighted by atomic mass is 10.2. The Morgan fingerprint density at radius 3 is 2.85 bits per heavy atom. The van der Waals surface area contributed by atoms with Crippen LogP contribution in [0.2, 0.25) is 0 Å². The first-order valence-corrected chi connectivity index (χ1v) is 9.88. The van der Waals surface area contributed by atoms with E-state index in [1.54, 1.807) is 38.8 Å². The minimum Gasteiger partial charge on any atom is -0.481 e. The molecule has 1 aromatic rings. The fourth-order valence-electron chi connectivity index (χ4n) is 3.70. The maximum Gasteiger partial charge on any atom is 0.264 e. The minimum absolute atomic E-state index is 0.0264. The van der Waals surface area contributed by atoms with E-state index in [0.717, 1.165) is 6.42 Å². The van der Waals surface area contributed by atoms with Crippen molar-refractivity contribution in [3.63, 3.8) is 0 Å². The van der Waals surface area contributed by atoms with Gasteiger partial charge in [-0.2, -0.15) is 9.57 Å². The second-order valence-corrected chi connectivity index (χ2v) is 8.50. The standard InChI is InChI=1S/C16H21N5O4S/c1-18-14-3-2-12(8-15(14)25-10-16(18)22)20-6-7-21(26(20,23)24)13-4-5-19(9-13)11-17/h2-3,8,13,23-24H,4-7,9-10H2,1H3. The fraction of sp³-hybridized carbons (Fsp3) is 0.500. The van der Waals surface area contributed by atoms with E-state index >= 15 is 0 Å². The number of anilines is 2. The molecular formula is C16H21N5O4S. The Morgan fingerprint density at radius 1 is 1.31 bits per heavy atom. The minimum atomic E-state index is -3.15. The number of rotatable bonds is 2. The molecule has 0 aromatic heterocycles. The summed E-state index contributed by atoms with van der Waals surface area (Å²) in [5.41, 5.74) is 1.31. The van der Waals surface area contributed by atoms with Crippen molar-refractivity contribution in [2.24, 2.45) is 0 Å². The number of carbonyl (C=O) groups is 1. The molecule has 4 rings (SSSR count). The SMILES string of the molecule is CN1C(=O)COc2cc(N3CCN(C4CCN(C#N)C4)S3(O)O)ccc21. The summed E-state index contributed by atoms with van der Waals surface area (Å²) in [6.07, 6.45) is 2.85. The van der Waals surface area contributed by atoms with Crippen molar-refractivity contribution in [3.05, 3.63) is 18.2 Å². The molecular weight excluding hydrogens is 358 g/mol. The van der Waals surface area contributed by atoms with Crippen molar-refractivity contribution in [2.45, 2.75) is 12.5 Å². The normalized spacial score (nSPS) is 26.5. The summed E-state index contributed by atoms with van der Waals surface area (Å²) in [5.74, 6) is 0.430. The van der Waals surface area contributed by atoms with Gasteiger partial charge in [-0.05, 0) is 18.6 Å². The first-order chi connectivity index (χ1) is 12.4. The molecule has 3 aliphatic heterocycles. The van der Waals surface area contributed by atoms with Gasteiger partial charge >= 0.3 is 0 Å². The maximum atomic E-state index is 11.7. The Labute approximate surface area is 153 Å². The number of likely N-dealkylation sites (N-methyl/N-ethyl adjacent to an activating group) is 1. The predicted octanol–water partition coefficient (Wildman–Crippen LogP) is 1.30. The van der Waals surface area contributed by atoms with Crippen LogP contribution in [0.15, 0.2) is 18.2 Å². The topological polar surface area (TPSA) is 104 Å². The molecule has 2 saturated heterocycles. The first kappa shape index (κ1) is 17.2. The molecule has 0 spiro atoms. The fourth-order valence-corrected chi connectivity index (χ4v) is 5.58. The van der Waals surface area contributed by atoms with E-state index in [1.165, 1.54) is 4.90 Å². The van der Waals surface area contributed by atoms with E-state index in [0.29, 0.717) is 43.3 Å². The zero-order valence-electron chi connectivity index (χ0n) is 14.4. The van der Waals surface area contributed by atoms with Crippen LogP contribution in [0.1, 0.15) is 6.42 Å². The van der Waals surface area contributed by atoms with Crippen molar-refractivity contribution in [2.75, 3.05) is 49.0 Å². The second-order valence-electron chi connectivity index (χ2n) is 6.61. The number of fused-ring (bicyclic) bond motifs is 1. The van der Waals surface area contributed by atoms with Crippen molar-refractivity contribution >= 4 is 28.2 Å². The first-order valence-electron chi connectivity index (χ1n) is 8.42. The number of nitriles is 1. The molecule has 1 aromatic carbocycles. The third-order valence-electron chi connectivity index (χ3n) is 5.16. The van der Waals surface area contributed by atoms with E-state index in [4.69, 9.17) is 10.00 Å². The molecule has 9 nitrogen and oxygen atoms in total. The zero-order valence-corrected chi connectivity index (χ0v) is 15.2. The molecule has 0 radical (unpaired) electrons. The number of amides is 1. The molecule has 26 heavy (non-hydrogen) atoms. The van der Waals surface area contributed by atoms with Gasteiger partial charge in [0.05, 0.1) is 24.0 Å². The van der Waals surface area contributed by atoms with Crippen LogP contribution in [-0.4, -0.2) is 70.1 Å². The van der Waals surface area contributed by atoms with Crippen molar-refractivity contribution < 1.29 is 18.6 Å². The maximum absolute atomic E-state index is 11.7. The number of carbonyl (C=O) groups excluding carboxylic acids is 1. The third kappa shape index (κ3) is 2.64. The summed E-state index contributed by atoms with van der Waals surface area (Å²) < 4.78 is 30.5. The lowest BCUT2D eigenvalue weighted by Crippen LogP contribution is -2.38. The highest BCUT2D eigenvalue weighted by atomic mass is 32.3. The van der Waals surface area contributed by atoms with Gasteiger partial charge in [0.15, 0.2) is 12.8 Å². The summed E-state index contributed by atoms with van der Waals surface area (Å²) in [6, 6.07) is 5.21. The summed E-state index contributed by atoms with van der Waals surface area (Å²) in [4.78, 5) is 14.9. The van der Waals surface area contributed by atoms with Gasteiger partial charge in [0.25, 0.3) is 5.91 Å². The molecule has 1 amide bonds. The van der Waals surface area contributed by atoms with Crippen LogP contribution in [0.4, 0.5) is 11.4 Å². The van der Waals surface area contributed by atoms with Crippen molar-refractivity contribution in [1.82, 2.24) is 9.21 Å². The number of ether oxygens (including phenoxy) is 1. The number of likely N-dealkylation sites (tertiary alicyclic amines) is 1. The summed E-state index contributed by atoms with van der Waals surface area (Å²) in [7, 11) is -1.46. The third-order valence-corrected chi connectivity index (χ3v) is 7.26. The van der Waals surface area contributed by atoms with E-state index in [1.807, 2.05) is 0 Å². The molecule has 1 unspecified atom stereocenters. The number of hydrogen-bond acceptors (Lipinski definition) is 8. The lowest BCUT2D eigenvalue weighted by Gasteiger charge is -2.45. The molecule has 2 fully saturated rings. The quantitative estimate of drug-likeness (QED) is 0.741. The summed E-state index contributed by atoms with van der Waals surface area (Å²) >= 11 is 0. The average molecular weight is 379 g/mol. The van der Waals surface area contributed by atoms with Crippen LogP contribution in [0, 0.1) is 11.5 Å². The molecule has 0 saturated carbocycles. The molecule has 1 atom stereocenters. The highest BCUT2D eigenvalue weighted by Crippen LogP contribution is 2.55. The zero-order chi connectivity index (χ0) is 18.5. The second kappa shape index (κ2) is 6.21. The predicted molar refractivity (Wildman–Crippen MR) is 97.8 cm³/mol. The van der Waals surface area contributed by atoms with Gasteiger partial charge in [-0.1, -0.05) is 11.0 Å². The van der Waals surface area contributed by atoms with Crippen LogP contribution in [0.25, 0.3) is 0 Å². The molecule has 2 N–H and O–H groups in total. The molecule has 3 aliphatic rings. The van der Waals surface area contributed by atoms with Gasteiger partial charge in [0, 0.05) is 32.7 Å². The lowest BCUT2D eigenvalue weighted by molar-refractivity contribution is -0.120. The van der Waals surface area contributed by atoms with E-state index < -0.39 is 11.0 Å². The molecule has 0 aliphatic carbocycles. The summed E-state index contributed by atoms with van der Waals surface area (Å²) in [5, 5.41) is 9.03. The highest BCUT2D eigenvalue weighted by molar-refractivity contribution is 8.23. The van der Waals surface area contributed by atoms with Crippen LogP contribution in [0.3, 0.4) is 0 Å². The number of nitrogens with zero attached hydrogens (tertiary/aromatic N) is 5. The Balaban J connectivity index is 1.57. The molecule has 10 heteroatoms. The summed E-state index contributed by atoms with van der Waals surface area (Å²) in [6.45, 7) is 2.11. The smallest absolute Gasteiger partial charge is 0.264 e. The van der Waals surface area contributed by atoms with Crippen LogP contribution in [-0.2, 0) is 4.79 Å². The average Bonchev–Trinajstić information content (AvgIpc) is 3.21. The Bertz CT molecular complexity index is 782. The van der Waals surface area contributed by atoms with E-state index in [-0.39, 0.29) is 18.6 Å². The molecule has 3 heterocycles. The Kier molecular flexibility index (Phi) is 4.11. The van der Waals surface area contributed by atoms with Gasteiger partial charge in [0.1, 0.15) is 5.75 Å². The van der Waals surface area contributed by atoms with Crippen LogP contribution < -0.4 is 13.9 Å². The Hall–Kier alpha value is -2.19. The molecule has 140 valence electrons. The monoisotopic (exact) mass is 379 g/mol. The molecule has 0 bridgehead atoms. The highest BCUT2D eigenvalue weighted by Gasteiger charge is 2.43. The van der Waals surface area contributed by atoms with E-state index in [9.17, 15) is 13.9 Å². The largest absolute Gasteiger partial charge is 0.481 e. The van der Waals surface area contributed by atoms with Crippen LogP contribution >= 0.6 is 11.0 Å². The van der Waals surface area contributed by atoms with Crippen molar-refractivity contribution in [3.8, 4) is 11.9 Å². The van der Waals surface area contributed by atoms with Gasteiger partial charge in [0.2, 0.25) is 0 Å².